The highest BCUT2D eigenvalue weighted by Crippen LogP contribution is 2.11. The zero-order chi connectivity index (χ0) is 15.1. The second-order valence-electron chi connectivity index (χ2n) is 4.40. The van der Waals surface area contributed by atoms with Crippen LogP contribution < -0.4 is 4.90 Å². The lowest BCUT2D eigenvalue weighted by Crippen LogP contribution is -2.27. The van der Waals surface area contributed by atoms with Gasteiger partial charge in [0.2, 0.25) is 5.95 Å². The zero-order valence-electron chi connectivity index (χ0n) is 11.4. The van der Waals surface area contributed by atoms with Crippen LogP contribution in [0.5, 0.6) is 0 Å². The second kappa shape index (κ2) is 7.30. The van der Waals surface area contributed by atoms with Crippen molar-refractivity contribution >= 4 is 11.9 Å². The molecule has 0 unspecified atom stereocenters. The molecule has 0 saturated carbocycles. The van der Waals surface area contributed by atoms with E-state index in [9.17, 15) is 4.79 Å². The van der Waals surface area contributed by atoms with Crippen LogP contribution in [0.1, 0.15) is 22.5 Å². The topological polar surface area (TPSA) is 99.4 Å². The van der Waals surface area contributed by atoms with E-state index in [0.717, 1.165) is 5.69 Å². The van der Waals surface area contributed by atoms with Crippen LogP contribution in [0.15, 0.2) is 36.8 Å². The van der Waals surface area contributed by atoms with Gasteiger partial charge in [0, 0.05) is 31.7 Å². The van der Waals surface area contributed by atoms with Crippen LogP contribution in [-0.4, -0.2) is 44.3 Å². The van der Waals surface area contributed by atoms with Gasteiger partial charge in [-0.1, -0.05) is 6.07 Å². The molecule has 110 valence electrons. The number of nitrogens with zero attached hydrogens (tertiary/aromatic N) is 4. The molecule has 2 aromatic rings. The average Bonchev–Trinajstić information content (AvgIpc) is 2.52. The van der Waals surface area contributed by atoms with E-state index in [2.05, 4.69) is 15.0 Å². The van der Waals surface area contributed by atoms with Crippen molar-refractivity contribution in [2.45, 2.75) is 13.0 Å². The van der Waals surface area contributed by atoms with Crippen molar-refractivity contribution in [1.82, 2.24) is 15.0 Å². The molecule has 0 aromatic carbocycles. The molecule has 0 aliphatic carbocycles. The summed E-state index contributed by atoms with van der Waals surface area (Å²) in [5.74, 6) is -0.646. The Morgan fingerprint density at radius 3 is 2.52 bits per heavy atom. The van der Waals surface area contributed by atoms with E-state index in [1.54, 1.807) is 6.20 Å². The van der Waals surface area contributed by atoms with Crippen molar-refractivity contribution in [1.29, 1.82) is 0 Å². The van der Waals surface area contributed by atoms with Gasteiger partial charge in [0.05, 0.1) is 17.8 Å². The number of carboxylic acids is 1. The fourth-order valence-electron chi connectivity index (χ4n) is 1.79. The Balaban J connectivity index is 2.16. The summed E-state index contributed by atoms with van der Waals surface area (Å²) in [6, 6.07) is 5.61. The first-order chi connectivity index (χ1) is 10.2. The van der Waals surface area contributed by atoms with Crippen molar-refractivity contribution < 1.29 is 15.0 Å². The maximum Gasteiger partial charge on any atom is 0.338 e. The molecule has 0 bridgehead atoms. The van der Waals surface area contributed by atoms with E-state index in [4.69, 9.17) is 10.2 Å². The molecule has 21 heavy (non-hydrogen) atoms. The van der Waals surface area contributed by atoms with Gasteiger partial charge in [0.15, 0.2) is 0 Å². The number of aliphatic hydroxyl groups excluding tert-OH is 1. The molecule has 0 radical (unpaired) electrons. The van der Waals surface area contributed by atoms with Gasteiger partial charge in [-0.05, 0) is 18.6 Å². The second-order valence-corrected chi connectivity index (χ2v) is 4.40. The van der Waals surface area contributed by atoms with Gasteiger partial charge in [-0.15, -0.1) is 0 Å². The maximum absolute atomic E-state index is 10.8. The third kappa shape index (κ3) is 4.22. The van der Waals surface area contributed by atoms with E-state index in [0.29, 0.717) is 25.5 Å². The highest BCUT2D eigenvalue weighted by molar-refractivity contribution is 5.86. The van der Waals surface area contributed by atoms with Crippen LogP contribution in [0.3, 0.4) is 0 Å². The van der Waals surface area contributed by atoms with Crippen LogP contribution >= 0.6 is 0 Å². The van der Waals surface area contributed by atoms with Crippen molar-refractivity contribution in [2.75, 3.05) is 18.1 Å². The molecule has 7 nitrogen and oxygen atoms in total. The van der Waals surface area contributed by atoms with Gasteiger partial charge in [-0.3, -0.25) is 4.98 Å². The number of carboxylic acid groups (broad SMARTS) is 1. The first kappa shape index (κ1) is 14.9. The summed E-state index contributed by atoms with van der Waals surface area (Å²) >= 11 is 0. The third-order valence-corrected chi connectivity index (χ3v) is 2.83. The molecular formula is C14H16N4O3. The SMILES string of the molecule is O=C(O)c1cnc(N(CCCO)Cc2ccccn2)nc1. The molecule has 2 rings (SSSR count). The number of rotatable bonds is 7. The van der Waals surface area contributed by atoms with E-state index in [1.165, 1.54) is 12.4 Å². The van der Waals surface area contributed by atoms with E-state index >= 15 is 0 Å². The van der Waals surface area contributed by atoms with Crippen molar-refractivity contribution in [3.05, 3.63) is 48.0 Å². The highest BCUT2D eigenvalue weighted by Gasteiger charge is 2.12. The van der Waals surface area contributed by atoms with Gasteiger partial charge >= 0.3 is 5.97 Å². The van der Waals surface area contributed by atoms with Crippen LogP contribution in [0.2, 0.25) is 0 Å². The molecule has 2 heterocycles. The fraction of sp³-hybridized carbons (Fsp3) is 0.286. The molecule has 2 aromatic heterocycles. The quantitative estimate of drug-likeness (QED) is 0.782. The normalized spacial score (nSPS) is 10.3. The number of carbonyl (C=O) groups is 1. The molecule has 0 aliphatic heterocycles. The zero-order valence-corrected chi connectivity index (χ0v) is 11.4. The Bertz CT molecular complexity index is 575. The van der Waals surface area contributed by atoms with E-state index in [-0.39, 0.29) is 12.2 Å². The van der Waals surface area contributed by atoms with Crippen molar-refractivity contribution in [2.24, 2.45) is 0 Å². The molecular weight excluding hydrogens is 272 g/mol. The first-order valence-electron chi connectivity index (χ1n) is 6.52. The Morgan fingerprint density at radius 2 is 1.95 bits per heavy atom. The smallest absolute Gasteiger partial charge is 0.338 e. The number of pyridine rings is 1. The highest BCUT2D eigenvalue weighted by atomic mass is 16.4. The fourth-order valence-corrected chi connectivity index (χ4v) is 1.79. The molecule has 2 N–H and O–H groups in total. The van der Waals surface area contributed by atoms with Crippen LogP contribution in [0.25, 0.3) is 0 Å². The van der Waals surface area contributed by atoms with E-state index < -0.39 is 5.97 Å². The number of aromatic carboxylic acids is 1. The predicted molar refractivity (Wildman–Crippen MR) is 76.0 cm³/mol. The number of aromatic nitrogens is 3. The van der Waals surface area contributed by atoms with Gasteiger partial charge in [0.1, 0.15) is 0 Å². The van der Waals surface area contributed by atoms with Gasteiger partial charge in [-0.25, -0.2) is 14.8 Å². The Morgan fingerprint density at radius 1 is 1.19 bits per heavy atom. The molecule has 0 aliphatic rings. The van der Waals surface area contributed by atoms with Gasteiger partial charge in [-0.2, -0.15) is 0 Å². The standard InChI is InChI=1S/C14H16N4O3/c19-7-3-6-18(10-12-4-1-2-5-15-12)14-16-8-11(9-17-14)13(20)21/h1-2,4-5,8-9,19H,3,6-7,10H2,(H,20,21). The summed E-state index contributed by atoms with van der Waals surface area (Å²) in [4.78, 5) is 25.1. The molecule has 0 spiro atoms. The van der Waals surface area contributed by atoms with Crippen molar-refractivity contribution in [3.8, 4) is 0 Å². The average molecular weight is 288 g/mol. The number of aliphatic hydroxyl groups is 1. The predicted octanol–water partition coefficient (Wildman–Crippen LogP) is 0.959. The number of anilines is 1. The minimum absolute atomic E-state index is 0.0405. The Kier molecular flexibility index (Phi) is 5.16. The third-order valence-electron chi connectivity index (χ3n) is 2.83. The van der Waals surface area contributed by atoms with Crippen LogP contribution in [0.4, 0.5) is 5.95 Å². The van der Waals surface area contributed by atoms with Gasteiger partial charge in [0.25, 0.3) is 0 Å². The Hall–Kier alpha value is -2.54. The number of hydrogen-bond donors (Lipinski definition) is 2. The summed E-state index contributed by atoms with van der Waals surface area (Å²) in [6.07, 6.45) is 4.81. The lowest BCUT2D eigenvalue weighted by molar-refractivity contribution is 0.0696. The molecule has 7 heteroatoms. The summed E-state index contributed by atoms with van der Waals surface area (Å²) in [5.41, 5.74) is 0.889. The van der Waals surface area contributed by atoms with E-state index in [1.807, 2.05) is 23.1 Å². The molecule has 0 fully saturated rings. The molecule has 0 amide bonds. The van der Waals surface area contributed by atoms with Crippen LogP contribution in [-0.2, 0) is 6.54 Å². The summed E-state index contributed by atoms with van der Waals surface area (Å²) in [6.45, 7) is 1.11. The summed E-state index contributed by atoms with van der Waals surface area (Å²) in [5, 5.41) is 17.8. The lowest BCUT2D eigenvalue weighted by Gasteiger charge is -2.21. The van der Waals surface area contributed by atoms with Crippen LogP contribution in [0, 0.1) is 0 Å². The monoisotopic (exact) mass is 288 g/mol. The minimum atomic E-state index is -1.06. The Labute approximate surface area is 121 Å². The van der Waals surface area contributed by atoms with Crippen molar-refractivity contribution in [3.63, 3.8) is 0 Å². The maximum atomic E-state index is 10.8. The lowest BCUT2D eigenvalue weighted by atomic mass is 10.3. The minimum Gasteiger partial charge on any atom is -0.478 e. The van der Waals surface area contributed by atoms with Gasteiger partial charge < -0.3 is 15.1 Å². The summed E-state index contributed by atoms with van der Waals surface area (Å²) in [7, 11) is 0. The molecule has 0 saturated heterocycles. The molecule has 0 atom stereocenters. The first-order valence-corrected chi connectivity index (χ1v) is 6.52. The largest absolute Gasteiger partial charge is 0.478 e. The number of hydrogen-bond acceptors (Lipinski definition) is 6. The summed E-state index contributed by atoms with van der Waals surface area (Å²) < 4.78 is 0.